The third kappa shape index (κ3) is 2.32. The highest BCUT2D eigenvalue weighted by molar-refractivity contribution is 5.25. The normalized spacial score (nSPS) is 24.3. The van der Waals surface area contributed by atoms with Gasteiger partial charge < -0.3 is 0 Å². The Morgan fingerprint density at radius 3 is 2.65 bits per heavy atom. The predicted octanol–water partition coefficient (Wildman–Crippen LogP) is 3.23. The van der Waals surface area contributed by atoms with E-state index in [-0.39, 0.29) is 23.6 Å². The molecule has 0 radical (unpaired) electrons. The van der Waals surface area contributed by atoms with E-state index < -0.39 is 0 Å². The number of pyridine rings is 1. The first-order chi connectivity index (χ1) is 12.7. The molecule has 6 heteroatoms. The molecule has 0 unspecified atom stereocenters. The Hall–Kier alpha value is -2.76. The van der Waals surface area contributed by atoms with Gasteiger partial charge in [0.1, 0.15) is 11.6 Å². The van der Waals surface area contributed by atoms with Crippen LogP contribution in [0.5, 0.6) is 0 Å². The van der Waals surface area contributed by atoms with Crippen LogP contribution in [0.2, 0.25) is 0 Å². The molecular formula is C20H19FN4O. The Morgan fingerprint density at radius 2 is 1.88 bits per heavy atom. The number of rotatable bonds is 3. The van der Waals surface area contributed by atoms with Gasteiger partial charge in [0.15, 0.2) is 0 Å². The third-order valence-electron chi connectivity index (χ3n) is 5.69. The molecule has 1 fully saturated rings. The van der Waals surface area contributed by atoms with Crippen molar-refractivity contribution in [1.29, 1.82) is 0 Å². The summed E-state index contributed by atoms with van der Waals surface area (Å²) in [6, 6.07) is 12.5. The lowest BCUT2D eigenvalue weighted by atomic mass is 9.78. The Morgan fingerprint density at radius 1 is 1.08 bits per heavy atom. The van der Waals surface area contributed by atoms with Crippen LogP contribution >= 0.6 is 0 Å². The standard InChI is InChI=1S/C20H19FN4O/c21-16-6-2-1-5-15(16)18-8-9-19-23-25(20(26)24(18)19)14-11-13(12-14)17-7-3-4-10-22-17/h1-7,10,13-14,18H,8-9,11-12H2/t13?,14?,18-/m0/s1. The molecule has 5 rings (SSSR count). The number of hydrogen-bond acceptors (Lipinski definition) is 3. The molecule has 0 N–H and O–H groups in total. The van der Waals surface area contributed by atoms with E-state index in [9.17, 15) is 9.18 Å². The van der Waals surface area contributed by atoms with Gasteiger partial charge in [0, 0.05) is 29.8 Å². The second-order valence-corrected chi connectivity index (χ2v) is 7.17. The summed E-state index contributed by atoms with van der Waals surface area (Å²) in [5, 5.41) is 4.57. The minimum absolute atomic E-state index is 0.105. The fourth-order valence-electron chi connectivity index (χ4n) is 4.24. The zero-order valence-electron chi connectivity index (χ0n) is 14.3. The average molecular weight is 350 g/mol. The van der Waals surface area contributed by atoms with E-state index in [1.54, 1.807) is 27.6 Å². The van der Waals surface area contributed by atoms with Crippen LogP contribution in [0.15, 0.2) is 53.5 Å². The average Bonchev–Trinajstić information content (AvgIpc) is 3.16. The zero-order chi connectivity index (χ0) is 17.7. The molecule has 26 heavy (non-hydrogen) atoms. The Kier molecular flexibility index (Phi) is 3.51. The van der Waals surface area contributed by atoms with Gasteiger partial charge in [-0.1, -0.05) is 24.3 Å². The van der Waals surface area contributed by atoms with Gasteiger partial charge >= 0.3 is 5.69 Å². The quantitative estimate of drug-likeness (QED) is 0.729. The number of fused-ring (bicyclic) bond motifs is 1. The van der Waals surface area contributed by atoms with Crippen LogP contribution in [0.1, 0.15) is 54.3 Å². The number of aryl methyl sites for hydroxylation is 1. The Balaban J connectivity index is 1.42. The second-order valence-electron chi connectivity index (χ2n) is 7.17. The van der Waals surface area contributed by atoms with E-state index in [1.807, 2.05) is 24.3 Å². The van der Waals surface area contributed by atoms with Crippen LogP contribution in [0.4, 0.5) is 4.39 Å². The van der Waals surface area contributed by atoms with Crippen molar-refractivity contribution in [3.8, 4) is 0 Å². The van der Waals surface area contributed by atoms with E-state index in [1.165, 1.54) is 6.07 Å². The van der Waals surface area contributed by atoms with Gasteiger partial charge in [0.05, 0.1) is 12.1 Å². The fraction of sp³-hybridized carbons (Fsp3) is 0.350. The molecule has 1 aliphatic carbocycles. The molecule has 3 heterocycles. The van der Waals surface area contributed by atoms with E-state index in [0.717, 1.165) is 30.8 Å². The van der Waals surface area contributed by atoms with Crippen LogP contribution in [0.3, 0.4) is 0 Å². The molecule has 2 aromatic heterocycles. The van der Waals surface area contributed by atoms with Crippen LogP contribution in [0.25, 0.3) is 0 Å². The predicted molar refractivity (Wildman–Crippen MR) is 94.6 cm³/mol. The fourth-order valence-corrected chi connectivity index (χ4v) is 4.24. The van der Waals surface area contributed by atoms with Crippen LogP contribution in [0, 0.1) is 5.82 Å². The van der Waals surface area contributed by atoms with Crippen LogP contribution in [-0.4, -0.2) is 19.3 Å². The van der Waals surface area contributed by atoms with Crippen molar-refractivity contribution in [2.45, 2.75) is 43.7 Å². The molecule has 1 aromatic carbocycles. The van der Waals surface area contributed by atoms with Crippen LogP contribution < -0.4 is 5.69 Å². The maximum Gasteiger partial charge on any atom is 0.346 e. The highest BCUT2D eigenvalue weighted by Gasteiger charge is 2.37. The van der Waals surface area contributed by atoms with Gasteiger partial charge in [-0.2, -0.15) is 5.10 Å². The highest BCUT2D eigenvalue weighted by Crippen LogP contribution is 2.43. The van der Waals surface area contributed by atoms with Gasteiger partial charge in [-0.15, -0.1) is 0 Å². The van der Waals surface area contributed by atoms with E-state index >= 15 is 0 Å². The Labute approximate surface area is 150 Å². The lowest BCUT2D eigenvalue weighted by molar-refractivity contribution is 0.233. The van der Waals surface area contributed by atoms with Gasteiger partial charge in [-0.25, -0.2) is 13.9 Å². The van der Waals surface area contributed by atoms with Crippen molar-refractivity contribution in [1.82, 2.24) is 19.3 Å². The smallest absolute Gasteiger partial charge is 0.271 e. The van der Waals surface area contributed by atoms with Crippen molar-refractivity contribution in [2.75, 3.05) is 0 Å². The van der Waals surface area contributed by atoms with Crippen molar-refractivity contribution >= 4 is 0 Å². The second kappa shape index (κ2) is 5.90. The molecule has 0 saturated heterocycles. The van der Waals surface area contributed by atoms with Crippen molar-refractivity contribution < 1.29 is 4.39 Å². The molecule has 2 aliphatic rings. The summed E-state index contributed by atoms with van der Waals surface area (Å²) in [6.07, 6.45) is 4.98. The monoisotopic (exact) mass is 350 g/mol. The molecule has 1 atom stereocenters. The SMILES string of the molecule is O=c1n(C2CC(c3ccccn3)C2)nc2n1[C@H](c1ccccc1F)CC2. The number of hydrogen-bond donors (Lipinski definition) is 0. The zero-order valence-corrected chi connectivity index (χ0v) is 14.3. The Bertz CT molecular complexity index is 1000. The van der Waals surface area contributed by atoms with Crippen molar-refractivity contribution in [3.05, 3.63) is 82.0 Å². The minimum atomic E-state index is -0.260. The first kappa shape index (κ1) is 15.5. The maximum absolute atomic E-state index is 14.2. The largest absolute Gasteiger partial charge is 0.346 e. The molecule has 1 aliphatic heterocycles. The first-order valence-corrected chi connectivity index (χ1v) is 9.07. The minimum Gasteiger partial charge on any atom is -0.271 e. The molecular weight excluding hydrogens is 331 g/mol. The van der Waals surface area contributed by atoms with Crippen LogP contribution in [-0.2, 0) is 6.42 Å². The molecule has 132 valence electrons. The summed E-state index contributed by atoms with van der Waals surface area (Å²) in [6.45, 7) is 0. The van der Waals surface area contributed by atoms with Gasteiger partial charge in [0.25, 0.3) is 0 Å². The lowest BCUT2D eigenvalue weighted by Gasteiger charge is -2.34. The number of benzene rings is 1. The molecule has 0 spiro atoms. The van der Waals surface area contributed by atoms with Crippen molar-refractivity contribution in [3.63, 3.8) is 0 Å². The van der Waals surface area contributed by atoms with Gasteiger partial charge in [-0.05, 0) is 37.5 Å². The molecule has 1 saturated carbocycles. The summed E-state index contributed by atoms with van der Waals surface area (Å²) in [5.74, 6) is 0.889. The summed E-state index contributed by atoms with van der Waals surface area (Å²) in [7, 11) is 0. The van der Waals surface area contributed by atoms with E-state index in [2.05, 4.69) is 10.1 Å². The van der Waals surface area contributed by atoms with Gasteiger partial charge in [-0.3, -0.25) is 9.55 Å². The van der Waals surface area contributed by atoms with E-state index in [0.29, 0.717) is 17.9 Å². The first-order valence-electron chi connectivity index (χ1n) is 9.07. The maximum atomic E-state index is 14.2. The molecule has 0 amide bonds. The molecule has 0 bridgehead atoms. The lowest BCUT2D eigenvalue weighted by Crippen LogP contribution is -2.35. The summed E-state index contributed by atoms with van der Waals surface area (Å²) < 4.78 is 17.5. The van der Waals surface area contributed by atoms with E-state index in [4.69, 9.17) is 0 Å². The summed E-state index contributed by atoms with van der Waals surface area (Å²) in [5.41, 5.74) is 1.54. The molecule has 3 aromatic rings. The van der Waals surface area contributed by atoms with Gasteiger partial charge in [0.2, 0.25) is 0 Å². The number of halogens is 1. The molecule has 5 nitrogen and oxygen atoms in total. The summed E-state index contributed by atoms with van der Waals surface area (Å²) in [4.78, 5) is 17.4. The highest BCUT2D eigenvalue weighted by atomic mass is 19.1. The number of aromatic nitrogens is 4. The van der Waals surface area contributed by atoms with Crippen molar-refractivity contribution in [2.24, 2.45) is 0 Å². The third-order valence-corrected chi connectivity index (χ3v) is 5.69. The number of nitrogens with zero attached hydrogens (tertiary/aromatic N) is 4. The summed E-state index contributed by atoms with van der Waals surface area (Å²) >= 11 is 0. The topological polar surface area (TPSA) is 52.7 Å².